The number of carbonyl (C=O) groups is 1. The summed E-state index contributed by atoms with van der Waals surface area (Å²) in [5.74, 6) is 0.175. The first-order valence-corrected chi connectivity index (χ1v) is 6.78. The van der Waals surface area contributed by atoms with Crippen molar-refractivity contribution in [3.05, 3.63) is 0 Å². The molecule has 0 unspecified atom stereocenters. The summed E-state index contributed by atoms with van der Waals surface area (Å²) in [5, 5.41) is 2.89. The van der Waals surface area contributed by atoms with E-state index >= 15 is 0 Å². The third kappa shape index (κ3) is 7.34. The molecule has 0 aliphatic carbocycles. The van der Waals surface area contributed by atoms with Crippen LogP contribution in [0, 0.1) is 5.92 Å². The van der Waals surface area contributed by atoms with E-state index in [2.05, 4.69) is 24.1 Å². The lowest BCUT2D eigenvalue weighted by molar-refractivity contribution is -0.123. The Morgan fingerprint density at radius 3 is 2.29 bits per heavy atom. The molecule has 0 saturated carbocycles. The van der Waals surface area contributed by atoms with Gasteiger partial charge in [-0.2, -0.15) is 0 Å². The zero-order valence-electron chi connectivity index (χ0n) is 11.8. The minimum Gasteiger partial charge on any atom is -0.355 e. The monoisotopic (exact) mass is 243 g/mol. The lowest BCUT2D eigenvalue weighted by atomic mass is 10.1. The summed E-state index contributed by atoms with van der Waals surface area (Å²) >= 11 is 0. The average Bonchev–Trinajstić information content (AvgIpc) is 2.32. The van der Waals surface area contributed by atoms with Crippen molar-refractivity contribution in [1.29, 1.82) is 0 Å². The molecule has 0 fully saturated rings. The van der Waals surface area contributed by atoms with Gasteiger partial charge in [0.15, 0.2) is 0 Å². The molecular formula is C13H29N3O. The Morgan fingerprint density at radius 2 is 1.82 bits per heavy atom. The summed E-state index contributed by atoms with van der Waals surface area (Å²) in [6.45, 7) is 12.3. The quantitative estimate of drug-likeness (QED) is 0.598. The van der Waals surface area contributed by atoms with Gasteiger partial charge >= 0.3 is 0 Å². The minimum atomic E-state index is -0.377. The van der Waals surface area contributed by atoms with E-state index in [-0.39, 0.29) is 17.9 Å². The van der Waals surface area contributed by atoms with E-state index < -0.39 is 0 Å². The molecule has 0 radical (unpaired) electrons. The van der Waals surface area contributed by atoms with Gasteiger partial charge in [-0.15, -0.1) is 0 Å². The highest BCUT2D eigenvalue weighted by atomic mass is 16.2. The van der Waals surface area contributed by atoms with Crippen LogP contribution in [-0.2, 0) is 4.79 Å². The Balaban J connectivity index is 3.55. The van der Waals surface area contributed by atoms with Gasteiger partial charge in [0.05, 0.1) is 6.04 Å². The topological polar surface area (TPSA) is 58.4 Å². The van der Waals surface area contributed by atoms with Crippen LogP contribution in [0.25, 0.3) is 0 Å². The molecule has 0 aromatic rings. The Morgan fingerprint density at radius 1 is 1.24 bits per heavy atom. The largest absolute Gasteiger partial charge is 0.355 e. The highest BCUT2D eigenvalue weighted by molar-refractivity contribution is 5.81. The summed E-state index contributed by atoms with van der Waals surface area (Å²) in [4.78, 5) is 13.9. The fourth-order valence-corrected chi connectivity index (χ4v) is 1.63. The maximum absolute atomic E-state index is 11.5. The Kier molecular flexibility index (Phi) is 9.09. The normalized spacial score (nSPS) is 13.1. The molecule has 0 aliphatic rings. The number of nitrogens with two attached hydrogens (primary N) is 1. The Hall–Kier alpha value is -0.610. The lowest BCUT2D eigenvalue weighted by Crippen LogP contribution is -2.44. The molecule has 0 rings (SSSR count). The molecule has 0 spiro atoms. The standard InChI is InChI=1S/C13H29N3O/c1-5-16(6-2)10-8-7-9-15-13(17)12(14)11(3)4/h11-12H,5-10,14H2,1-4H3,(H,15,17)/t12-/m0/s1. The highest BCUT2D eigenvalue weighted by Crippen LogP contribution is 1.98. The van der Waals surface area contributed by atoms with Crippen LogP contribution in [-0.4, -0.2) is 43.0 Å². The van der Waals surface area contributed by atoms with E-state index in [1.807, 2.05) is 13.8 Å². The van der Waals surface area contributed by atoms with E-state index in [9.17, 15) is 4.79 Å². The molecule has 1 amide bonds. The number of amides is 1. The molecule has 1 atom stereocenters. The van der Waals surface area contributed by atoms with E-state index in [1.165, 1.54) is 0 Å². The number of rotatable bonds is 9. The van der Waals surface area contributed by atoms with Crippen LogP contribution >= 0.6 is 0 Å². The van der Waals surface area contributed by atoms with Gasteiger partial charge in [-0.3, -0.25) is 4.79 Å². The minimum absolute atomic E-state index is 0.0251. The first kappa shape index (κ1) is 16.4. The first-order valence-electron chi connectivity index (χ1n) is 6.78. The number of unbranched alkanes of at least 4 members (excludes halogenated alkanes) is 1. The zero-order valence-corrected chi connectivity index (χ0v) is 11.8. The van der Waals surface area contributed by atoms with E-state index in [0.29, 0.717) is 0 Å². The van der Waals surface area contributed by atoms with Crippen molar-refractivity contribution in [3.63, 3.8) is 0 Å². The Bertz CT molecular complexity index is 203. The van der Waals surface area contributed by atoms with Crippen molar-refractivity contribution < 1.29 is 4.79 Å². The molecule has 102 valence electrons. The summed E-state index contributed by atoms with van der Waals surface area (Å²) < 4.78 is 0. The predicted molar refractivity (Wildman–Crippen MR) is 72.8 cm³/mol. The van der Waals surface area contributed by atoms with Crippen molar-refractivity contribution in [2.75, 3.05) is 26.2 Å². The molecule has 3 N–H and O–H groups in total. The van der Waals surface area contributed by atoms with Gasteiger partial charge in [0, 0.05) is 6.54 Å². The van der Waals surface area contributed by atoms with Crippen molar-refractivity contribution in [1.82, 2.24) is 10.2 Å². The summed E-state index contributed by atoms with van der Waals surface area (Å²) in [5.41, 5.74) is 5.75. The second-order valence-electron chi connectivity index (χ2n) is 4.79. The van der Waals surface area contributed by atoms with Crippen molar-refractivity contribution in [2.45, 2.75) is 46.6 Å². The zero-order chi connectivity index (χ0) is 13.3. The fraction of sp³-hybridized carbons (Fsp3) is 0.923. The molecule has 0 heterocycles. The smallest absolute Gasteiger partial charge is 0.237 e. The third-order valence-corrected chi connectivity index (χ3v) is 3.12. The van der Waals surface area contributed by atoms with Gasteiger partial charge < -0.3 is 16.0 Å². The number of nitrogens with one attached hydrogen (secondary N) is 1. The molecule has 0 aliphatic heterocycles. The van der Waals surface area contributed by atoms with Crippen LogP contribution in [0.15, 0.2) is 0 Å². The molecule has 0 aromatic heterocycles. The second-order valence-corrected chi connectivity index (χ2v) is 4.79. The first-order chi connectivity index (χ1) is 8.02. The van der Waals surface area contributed by atoms with Gasteiger partial charge in [-0.05, 0) is 38.4 Å². The van der Waals surface area contributed by atoms with Gasteiger partial charge in [-0.1, -0.05) is 27.7 Å². The van der Waals surface area contributed by atoms with Crippen LogP contribution in [0.3, 0.4) is 0 Å². The number of nitrogens with zero attached hydrogens (tertiary/aromatic N) is 1. The maximum atomic E-state index is 11.5. The van der Waals surface area contributed by atoms with Gasteiger partial charge in [0.2, 0.25) is 5.91 Å². The van der Waals surface area contributed by atoms with Crippen molar-refractivity contribution >= 4 is 5.91 Å². The fourth-order valence-electron chi connectivity index (χ4n) is 1.63. The van der Waals surface area contributed by atoms with Gasteiger partial charge in [-0.25, -0.2) is 0 Å². The summed E-state index contributed by atoms with van der Waals surface area (Å²) in [7, 11) is 0. The van der Waals surface area contributed by atoms with Crippen LogP contribution in [0.4, 0.5) is 0 Å². The molecule has 0 saturated heterocycles. The number of hydrogen-bond donors (Lipinski definition) is 2. The second kappa shape index (κ2) is 9.42. The van der Waals surface area contributed by atoms with E-state index in [4.69, 9.17) is 5.73 Å². The van der Waals surface area contributed by atoms with E-state index in [0.717, 1.165) is 39.0 Å². The maximum Gasteiger partial charge on any atom is 0.237 e. The molecule has 0 aromatic carbocycles. The number of hydrogen-bond acceptors (Lipinski definition) is 3. The van der Waals surface area contributed by atoms with Crippen LogP contribution in [0.5, 0.6) is 0 Å². The van der Waals surface area contributed by atoms with Gasteiger partial charge in [0.1, 0.15) is 0 Å². The lowest BCUT2D eigenvalue weighted by Gasteiger charge is -2.18. The molecular weight excluding hydrogens is 214 g/mol. The van der Waals surface area contributed by atoms with Gasteiger partial charge in [0.25, 0.3) is 0 Å². The van der Waals surface area contributed by atoms with Crippen molar-refractivity contribution in [3.8, 4) is 0 Å². The Labute approximate surface area is 106 Å². The average molecular weight is 243 g/mol. The molecule has 0 bridgehead atoms. The molecule has 4 nitrogen and oxygen atoms in total. The van der Waals surface area contributed by atoms with Crippen LogP contribution in [0.2, 0.25) is 0 Å². The number of carbonyl (C=O) groups excluding carboxylic acids is 1. The van der Waals surface area contributed by atoms with Crippen LogP contribution in [0.1, 0.15) is 40.5 Å². The van der Waals surface area contributed by atoms with E-state index in [1.54, 1.807) is 0 Å². The summed E-state index contributed by atoms with van der Waals surface area (Å²) in [6, 6.07) is -0.377. The molecule has 4 heteroatoms. The SMILES string of the molecule is CCN(CC)CCCCNC(=O)[C@@H](N)C(C)C. The predicted octanol–water partition coefficient (Wildman–Crippen LogP) is 1.21. The third-order valence-electron chi connectivity index (χ3n) is 3.12. The van der Waals surface area contributed by atoms with Crippen molar-refractivity contribution in [2.24, 2.45) is 11.7 Å². The molecule has 17 heavy (non-hydrogen) atoms. The summed E-state index contributed by atoms with van der Waals surface area (Å²) in [6.07, 6.45) is 2.14. The highest BCUT2D eigenvalue weighted by Gasteiger charge is 2.15. The van der Waals surface area contributed by atoms with Crippen LogP contribution < -0.4 is 11.1 Å².